The van der Waals surface area contributed by atoms with Gasteiger partial charge in [0, 0.05) is 40.7 Å². The lowest BCUT2D eigenvalue weighted by Gasteiger charge is -2.13. The molecule has 0 bridgehead atoms. The maximum absolute atomic E-state index is 14.6. The van der Waals surface area contributed by atoms with E-state index in [-0.39, 0.29) is 17.6 Å². The van der Waals surface area contributed by atoms with E-state index in [0.717, 1.165) is 59.9 Å². The second kappa shape index (κ2) is 10.2. The van der Waals surface area contributed by atoms with E-state index in [1.165, 1.54) is 6.07 Å². The Morgan fingerprint density at radius 2 is 1.88 bits per heavy atom. The van der Waals surface area contributed by atoms with Crippen LogP contribution in [0.2, 0.25) is 0 Å². The van der Waals surface area contributed by atoms with Crippen molar-refractivity contribution >= 4 is 33.7 Å². The number of aromatic amines is 2. The number of carbonyl (C=O) groups excluding carboxylic acids is 1. The van der Waals surface area contributed by atoms with Gasteiger partial charge in [0.1, 0.15) is 17.0 Å². The zero-order valence-corrected chi connectivity index (χ0v) is 22.5. The number of hydrogen-bond donors (Lipinski definition) is 3. The van der Waals surface area contributed by atoms with E-state index < -0.39 is 0 Å². The van der Waals surface area contributed by atoms with Gasteiger partial charge in [-0.05, 0) is 54.7 Å². The molecule has 0 saturated heterocycles. The molecule has 1 amide bonds. The molecule has 2 aromatic carbocycles. The van der Waals surface area contributed by atoms with E-state index in [4.69, 9.17) is 4.98 Å². The van der Waals surface area contributed by atoms with Crippen LogP contribution in [0.3, 0.4) is 0 Å². The molecular formula is C32H28FN7O. The number of imidazole rings is 1. The van der Waals surface area contributed by atoms with Crippen LogP contribution in [0.1, 0.15) is 38.2 Å². The van der Waals surface area contributed by atoms with Crippen molar-refractivity contribution in [2.45, 2.75) is 39.0 Å². The number of carbonyl (C=O) groups is 1. The van der Waals surface area contributed by atoms with Gasteiger partial charge >= 0.3 is 0 Å². The first-order chi connectivity index (χ1) is 20.1. The second-order valence-electron chi connectivity index (χ2n) is 10.6. The van der Waals surface area contributed by atoms with Crippen molar-refractivity contribution in [3.05, 3.63) is 78.5 Å². The number of aryl methyl sites for hydroxylation is 1. The summed E-state index contributed by atoms with van der Waals surface area (Å²) in [6, 6.07) is 14.8. The van der Waals surface area contributed by atoms with E-state index in [1.54, 1.807) is 36.8 Å². The van der Waals surface area contributed by atoms with Gasteiger partial charge < -0.3 is 10.3 Å². The van der Waals surface area contributed by atoms with Crippen LogP contribution in [-0.4, -0.2) is 36.0 Å². The summed E-state index contributed by atoms with van der Waals surface area (Å²) in [5, 5.41) is 11.4. The number of nitrogens with one attached hydrogen (secondary N) is 3. The SMILES string of the molecule is CCc1cc(NC(=O)C2CCCC2)cc(-c2cnc3n[nH]c(-c4nc5c(-c6ccccc6F)cncc5[nH]4)c3c2)c1. The average Bonchev–Trinajstić information content (AvgIpc) is 3.76. The van der Waals surface area contributed by atoms with Gasteiger partial charge in [0.15, 0.2) is 11.5 Å². The maximum atomic E-state index is 14.6. The highest BCUT2D eigenvalue weighted by Gasteiger charge is 2.23. The fraction of sp³-hybridized carbons (Fsp3) is 0.219. The molecule has 41 heavy (non-hydrogen) atoms. The van der Waals surface area contributed by atoms with Crippen LogP contribution in [0.25, 0.3) is 55.8 Å². The zero-order valence-electron chi connectivity index (χ0n) is 22.5. The number of benzene rings is 2. The fourth-order valence-electron chi connectivity index (χ4n) is 5.73. The molecule has 4 aromatic heterocycles. The predicted octanol–water partition coefficient (Wildman–Crippen LogP) is 7.06. The Kier molecular flexibility index (Phi) is 6.26. The largest absolute Gasteiger partial charge is 0.335 e. The van der Waals surface area contributed by atoms with Crippen LogP contribution in [0.5, 0.6) is 0 Å². The number of fused-ring (bicyclic) bond motifs is 2. The monoisotopic (exact) mass is 545 g/mol. The molecule has 9 heteroatoms. The number of aromatic nitrogens is 6. The highest BCUT2D eigenvalue weighted by molar-refractivity contribution is 5.97. The molecule has 204 valence electrons. The summed E-state index contributed by atoms with van der Waals surface area (Å²) >= 11 is 0. The Morgan fingerprint density at radius 3 is 2.71 bits per heavy atom. The first-order valence-electron chi connectivity index (χ1n) is 14.0. The Morgan fingerprint density at radius 1 is 1.02 bits per heavy atom. The number of nitrogens with zero attached hydrogens (tertiary/aromatic N) is 4. The molecule has 0 aliphatic heterocycles. The molecule has 1 fully saturated rings. The summed E-state index contributed by atoms with van der Waals surface area (Å²) in [5.41, 5.74) is 7.36. The Balaban J connectivity index is 1.28. The van der Waals surface area contributed by atoms with Crippen molar-refractivity contribution in [3.8, 4) is 33.8 Å². The third-order valence-electron chi connectivity index (χ3n) is 7.93. The molecule has 1 aliphatic carbocycles. The fourth-order valence-corrected chi connectivity index (χ4v) is 5.73. The van der Waals surface area contributed by atoms with Gasteiger partial charge in [-0.2, -0.15) is 5.10 Å². The number of amides is 1. The van der Waals surface area contributed by atoms with E-state index in [1.807, 2.05) is 18.2 Å². The summed E-state index contributed by atoms with van der Waals surface area (Å²) in [5.74, 6) is 0.411. The molecule has 0 unspecified atom stereocenters. The standard InChI is InChI=1S/C32H28FN7O/c1-2-18-11-20(13-22(12-18)36-32(41)19-7-3-4-8-19)21-14-24-29(39-40-30(24)35-15-21)31-37-27-17-34-16-25(28(27)38-31)23-9-5-6-10-26(23)33/h5-6,9-17,19H,2-4,7-8H2,1H3,(H,36,41)(H,37,38)(H,35,39,40). The summed E-state index contributed by atoms with van der Waals surface area (Å²) in [6.45, 7) is 2.10. The summed E-state index contributed by atoms with van der Waals surface area (Å²) in [7, 11) is 0. The van der Waals surface area contributed by atoms with Crippen molar-refractivity contribution in [1.82, 2.24) is 30.1 Å². The molecule has 0 radical (unpaired) electrons. The lowest BCUT2D eigenvalue weighted by Crippen LogP contribution is -2.20. The number of rotatable bonds is 6. The Bertz CT molecular complexity index is 1920. The Labute approximate surface area is 235 Å². The van der Waals surface area contributed by atoms with Crippen LogP contribution in [0, 0.1) is 11.7 Å². The van der Waals surface area contributed by atoms with Gasteiger partial charge in [-0.25, -0.2) is 14.4 Å². The summed E-state index contributed by atoms with van der Waals surface area (Å²) in [6.07, 6.45) is 10.1. The highest BCUT2D eigenvalue weighted by Crippen LogP contribution is 2.34. The number of pyridine rings is 2. The van der Waals surface area contributed by atoms with Gasteiger partial charge in [-0.1, -0.05) is 44.0 Å². The Hall–Kier alpha value is -4.92. The molecule has 3 N–H and O–H groups in total. The molecule has 0 spiro atoms. The lowest BCUT2D eigenvalue weighted by atomic mass is 10.0. The highest BCUT2D eigenvalue weighted by atomic mass is 19.1. The zero-order chi connectivity index (χ0) is 27.9. The van der Waals surface area contributed by atoms with Crippen molar-refractivity contribution in [1.29, 1.82) is 0 Å². The maximum Gasteiger partial charge on any atom is 0.227 e. The predicted molar refractivity (Wildman–Crippen MR) is 158 cm³/mol. The van der Waals surface area contributed by atoms with E-state index in [2.05, 4.69) is 43.5 Å². The molecular weight excluding hydrogens is 517 g/mol. The van der Waals surface area contributed by atoms with Crippen LogP contribution in [-0.2, 0) is 11.2 Å². The van der Waals surface area contributed by atoms with Gasteiger partial charge in [0.2, 0.25) is 5.91 Å². The van der Waals surface area contributed by atoms with Gasteiger partial charge in [0.25, 0.3) is 0 Å². The molecule has 0 atom stereocenters. The number of H-pyrrole nitrogens is 2. The molecule has 7 rings (SSSR count). The van der Waals surface area contributed by atoms with Crippen molar-refractivity contribution in [2.24, 2.45) is 5.92 Å². The normalized spacial score (nSPS) is 13.8. The summed E-state index contributed by atoms with van der Waals surface area (Å²) in [4.78, 5) is 29.9. The van der Waals surface area contributed by atoms with Gasteiger partial charge in [-0.3, -0.25) is 14.9 Å². The third kappa shape index (κ3) is 4.63. The number of halogens is 1. The quantitative estimate of drug-likeness (QED) is 0.207. The molecule has 1 aliphatic rings. The average molecular weight is 546 g/mol. The molecule has 6 aromatic rings. The first-order valence-corrected chi connectivity index (χ1v) is 14.0. The third-order valence-corrected chi connectivity index (χ3v) is 7.93. The smallest absolute Gasteiger partial charge is 0.227 e. The van der Waals surface area contributed by atoms with E-state index >= 15 is 0 Å². The summed E-state index contributed by atoms with van der Waals surface area (Å²) < 4.78 is 14.6. The van der Waals surface area contributed by atoms with Gasteiger partial charge in [-0.15, -0.1) is 0 Å². The minimum Gasteiger partial charge on any atom is -0.335 e. The minimum absolute atomic E-state index is 0.0909. The second-order valence-corrected chi connectivity index (χ2v) is 10.6. The van der Waals surface area contributed by atoms with Crippen LogP contribution in [0.15, 0.2) is 67.1 Å². The molecule has 1 saturated carbocycles. The molecule has 4 heterocycles. The van der Waals surface area contributed by atoms with Crippen LogP contribution >= 0.6 is 0 Å². The van der Waals surface area contributed by atoms with Crippen LogP contribution in [0.4, 0.5) is 10.1 Å². The van der Waals surface area contributed by atoms with E-state index in [0.29, 0.717) is 39.3 Å². The minimum atomic E-state index is -0.333. The number of anilines is 1. The molecule has 8 nitrogen and oxygen atoms in total. The van der Waals surface area contributed by atoms with Crippen molar-refractivity contribution in [2.75, 3.05) is 5.32 Å². The number of hydrogen-bond acceptors (Lipinski definition) is 5. The van der Waals surface area contributed by atoms with Crippen molar-refractivity contribution in [3.63, 3.8) is 0 Å². The lowest BCUT2D eigenvalue weighted by molar-refractivity contribution is -0.119. The first kappa shape index (κ1) is 25.1. The topological polar surface area (TPSA) is 112 Å². The van der Waals surface area contributed by atoms with Crippen molar-refractivity contribution < 1.29 is 9.18 Å². The van der Waals surface area contributed by atoms with Crippen LogP contribution < -0.4 is 5.32 Å². The van der Waals surface area contributed by atoms with Gasteiger partial charge in [0.05, 0.1) is 17.1 Å². The van der Waals surface area contributed by atoms with E-state index in [9.17, 15) is 9.18 Å².